The van der Waals surface area contributed by atoms with Gasteiger partial charge in [-0.15, -0.1) is 0 Å². The summed E-state index contributed by atoms with van der Waals surface area (Å²) in [5, 5.41) is 10.7. The highest BCUT2D eigenvalue weighted by Gasteiger charge is 2.16. The zero-order chi connectivity index (χ0) is 12.5. The normalized spacial score (nSPS) is 11.3. The molecule has 0 spiro atoms. The van der Waals surface area contributed by atoms with Crippen molar-refractivity contribution in [1.82, 2.24) is 29.8 Å². The fourth-order valence-corrected chi connectivity index (χ4v) is 1.70. The van der Waals surface area contributed by atoms with Crippen LogP contribution in [0.3, 0.4) is 0 Å². The molecular formula is C11H12N6O. The van der Waals surface area contributed by atoms with Gasteiger partial charge in [-0.25, -0.2) is 9.97 Å². The van der Waals surface area contributed by atoms with E-state index < -0.39 is 0 Å². The predicted molar refractivity (Wildman–Crippen MR) is 64.1 cm³/mol. The van der Waals surface area contributed by atoms with E-state index in [1.54, 1.807) is 23.2 Å². The molecule has 92 valence electrons. The number of nitrogens with one attached hydrogen (secondary N) is 1. The average Bonchev–Trinajstić information content (AvgIpc) is 2.99. The Morgan fingerprint density at radius 1 is 1.33 bits per heavy atom. The quantitative estimate of drug-likeness (QED) is 0.751. The molecule has 0 saturated carbocycles. The van der Waals surface area contributed by atoms with E-state index in [2.05, 4.69) is 25.3 Å². The molecule has 0 saturated heterocycles. The summed E-state index contributed by atoms with van der Waals surface area (Å²) in [4.78, 5) is 8.55. The highest BCUT2D eigenvalue weighted by Crippen LogP contribution is 2.30. The molecule has 0 aliphatic rings. The van der Waals surface area contributed by atoms with Gasteiger partial charge in [0, 0.05) is 11.8 Å². The molecule has 0 atom stereocenters. The molecule has 0 aliphatic carbocycles. The van der Waals surface area contributed by atoms with Crippen LogP contribution >= 0.6 is 0 Å². The molecule has 1 N–H and O–H groups in total. The Hall–Kier alpha value is -2.44. The van der Waals surface area contributed by atoms with Gasteiger partial charge < -0.3 is 4.74 Å². The number of nitrogens with zero attached hydrogens (tertiary/aromatic N) is 5. The van der Waals surface area contributed by atoms with Gasteiger partial charge >= 0.3 is 0 Å². The van der Waals surface area contributed by atoms with Gasteiger partial charge in [0.05, 0.1) is 12.3 Å². The summed E-state index contributed by atoms with van der Waals surface area (Å²) < 4.78 is 7.40. The molecule has 3 aromatic heterocycles. The summed E-state index contributed by atoms with van der Waals surface area (Å²) in [7, 11) is 0. The molecule has 7 nitrogen and oxygen atoms in total. The minimum absolute atomic E-state index is 0.0281. The first kappa shape index (κ1) is 10.7. The van der Waals surface area contributed by atoms with Gasteiger partial charge in [-0.05, 0) is 13.8 Å². The van der Waals surface area contributed by atoms with E-state index in [1.807, 2.05) is 13.8 Å². The number of fused-ring (bicyclic) bond motifs is 1. The molecular weight excluding hydrogens is 232 g/mol. The summed E-state index contributed by atoms with van der Waals surface area (Å²) in [5.74, 6) is 0.617. The fourth-order valence-electron chi connectivity index (χ4n) is 1.70. The summed E-state index contributed by atoms with van der Waals surface area (Å²) >= 11 is 0. The topological polar surface area (TPSA) is 81.0 Å². The van der Waals surface area contributed by atoms with Crippen LogP contribution in [0.25, 0.3) is 16.9 Å². The average molecular weight is 244 g/mol. The molecule has 3 rings (SSSR count). The smallest absolute Gasteiger partial charge is 0.201 e. The van der Waals surface area contributed by atoms with Crippen molar-refractivity contribution < 1.29 is 4.74 Å². The van der Waals surface area contributed by atoms with Crippen molar-refractivity contribution in [1.29, 1.82) is 0 Å². The van der Waals surface area contributed by atoms with Crippen molar-refractivity contribution in [3.8, 4) is 17.0 Å². The van der Waals surface area contributed by atoms with Crippen LogP contribution in [0.1, 0.15) is 13.8 Å². The van der Waals surface area contributed by atoms with Crippen LogP contribution in [0.4, 0.5) is 0 Å². The van der Waals surface area contributed by atoms with Gasteiger partial charge in [-0.3, -0.25) is 5.10 Å². The predicted octanol–water partition coefficient (Wildman–Crippen LogP) is 1.30. The number of hydrogen-bond acceptors (Lipinski definition) is 5. The summed E-state index contributed by atoms with van der Waals surface area (Å²) in [6.45, 7) is 3.91. The van der Waals surface area contributed by atoms with Gasteiger partial charge in [-0.2, -0.15) is 14.7 Å². The van der Waals surface area contributed by atoms with Gasteiger partial charge in [0.2, 0.25) is 5.65 Å². The molecule has 0 fully saturated rings. The van der Waals surface area contributed by atoms with Crippen LogP contribution in [0.2, 0.25) is 0 Å². The van der Waals surface area contributed by atoms with Gasteiger partial charge in [0.25, 0.3) is 0 Å². The Morgan fingerprint density at radius 3 is 2.94 bits per heavy atom. The minimum Gasteiger partial charge on any atom is -0.485 e. The van der Waals surface area contributed by atoms with E-state index in [-0.39, 0.29) is 6.10 Å². The number of ether oxygens (including phenoxy) is 1. The molecule has 7 heteroatoms. The molecule has 0 unspecified atom stereocenters. The summed E-state index contributed by atoms with van der Waals surface area (Å²) in [6.07, 6.45) is 6.58. The third kappa shape index (κ3) is 1.69. The van der Waals surface area contributed by atoms with E-state index in [4.69, 9.17) is 4.74 Å². The molecule has 18 heavy (non-hydrogen) atoms. The van der Waals surface area contributed by atoms with Gasteiger partial charge in [0.15, 0.2) is 5.75 Å². The van der Waals surface area contributed by atoms with Crippen LogP contribution < -0.4 is 4.74 Å². The lowest BCUT2D eigenvalue weighted by atomic mass is 10.2. The van der Waals surface area contributed by atoms with Crippen LogP contribution in [-0.2, 0) is 0 Å². The highest BCUT2D eigenvalue weighted by molar-refractivity contribution is 5.73. The number of hydrogen-bond donors (Lipinski definition) is 1. The molecule has 0 aromatic carbocycles. The maximum atomic E-state index is 5.81. The highest BCUT2D eigenvalue weighted by atomic mass is 16.5. The van der Waals surface area contributed by atoms with E-state index >= 15 is 0 Å². The van der Waals surface area contributed by atoms with Crippen molar-refractivity contribution in [2.24, 2.45) is 0 Å². The Kier molecular flexibility index (Phi) is 2.44. The first-order valence-electron chi connectivity index (χ1n) is 5.60. The van der Waals surface area contributed by atoms with Crippen LogP contribution in [0, 0.1) is 0 Å². The lowest BCUT2D eigenvalue weighted by molar-refractivity contribution is 0.244. The largest absolute Gasteiger partial charge is 0.485 e. The second-order valence-corrected chi connectivity index (χ2v) is 4.10. The molecule has 3 aromatic rings. The monoisotopic (exact) mass is 244 g/mol. The maximum absolute atomic E-state index is 5.81. The molecule has 0 amide bonds. The van der Waals surface area contributed by atoms with E-state index in [0.29, 0.717) is 17.1 Å². The van der Waals surface area contributed by atoms with E-state index in [1.165, 1.54) is 6.33 Å². The second-order valence-electron chi connectivity index (χ2n) is 4.10. The molecule has 0 aliphatic heterocycles. The molecule has 0 bridgehead atoms. The van der Waals surface area contributed by atoms with Crippen molar-refractivity contribution in [2.75, 3.05) is 0 Å². The number of rotatable bonds is 3. The van der Waals surface area contributed by atoms with Crippen molar-refractivity contribution in [3.05, 3.63) is 25.0 Å². The Labute approximate surface area is 103 Å². The molecule has 3 heterocycles. The SMILES string of the molecule is CC(C)Oc1c(-c2cn[nH]c2)ncn2ncnc12. The Morgan fingerprint density at radius 2 is 2.22 bits per heavy atom. The van der Waals surface area contributed by atoms with E-state index in [0.717, 1.165) is 5.56 Å². The molecule has 0 radical (unpaired) electrons. The standard InChI is InChI=1S/C11H12N6O/c1-7(2)18-10-9(8-3-14-15-4-8)13-6-17-11(10)12-5-16-17/h3-7H,1-2H3,(H,14,15). The van der Waals surface area contributed by atoms with Gasteiger partial charge in [0.1, 0.15) is 18.3 Å². The zero-order valence-electron chi connectivity index (χ0n) is 10.0. The van der Waals surface area contributed by atoms with Crippen LogP contribution in [-0.4, -0.2) is 35.9 Å². The first-order chi connectivity index (χ1) is 8.75. The number of aromatic nitrogens is 6. The number of aromatic amines is 1. The fraction of sp³-hybridized carbons (Fsp3) is 0.273. The zero-order valence-corrected chi connectivity index (χ0v) is 10.0. The minimum atomic E-state index is 0.0281. The third-order valence-electron chi connectivity index (χ3n) is 2.41. The third-order valence-corrected chi connectivity index (χ3v) is 2.41. The first-order valence-corrected chi connectivity index (χ1v) is 5.60. The Balaban J connectivity index is 2.23. The van der Waals surface area contributed by atoms with E-state index in [9.17, 15) is 0 Å². The van der Waals surface area contributed by atoms with Gasteiger partial charge in [-0.1, -0.05) is 0 Å². The second kappa shape index (κ2) is 4.10. The van der Waals surface area contributed by atoms with Crippen molar-refractivity contribution in [3.63, 3.8) is 0 Å². The van der Waals surface area contributed by atoms with Crippen LogP contribution in [0.5, 0.6) is 5.75 Å². The summed E-state index contributed by atoms with van der Waals surface area (Å²) in [5.41, 5.74) is 2.21. The Bertz CT molecular complexity index is 657. The summed E-state index contributed by atoms with van der Waals surface area (Å²) in [6, 6.07) is 0. The lowest BCUT2D eigenvalue weighted by Crippen LogP contribution is -2.09. The van der Waals surface area contributed by atoms with Crippen molar-refractivity contribution >= 4 is 5.65 Å². The number of H-pyrrole nitrogens is 1. The van der Waals surface area contributed by atoms with Crippen LogP contribution in [0.15, 0.2) is 25.0 Å². The van der Waals surface area contributed by atoms with Crippen molar-refractivity contribution in [2.45, 2.75) is 20.0 Å². The maximum Gasteiger partial charge on any atom is 0.201 e. The lowest BCUT2D eigenvalue weighted by Gasteiger charge is -2.12.